The lowest BCUT2D eigenvalue weighted by Gasteiger charge is -2.21. The molecule has 23 heavy (non-hydrogen) atoms. The summed E-state index contributed by atoms with van der Waals surface area (Å²) in [7, 11) is 0. The Balaban J connectivity index is 2.36. The minimum Gasteiger partial charge on any atom is -0.480 e. The first kappa shape index (κ1) is 16.7. The average Bonchev–Trinajstić information content (AvgIpc) is 2.59. The molecule has 0 atom stereocenters. The highest BCUT2D eigenvalue weighted by Gasteiger charge is 2.20. The fourth-order valence-corrected chi connectivity index (χ4v) is 2.31. The number of carboxylic acids is 1. The summed E-state index contributed by atoms with van der Waals surface area (Å²) in [5.74, 6) is -1.42. The van der Waals surface area contributed by atoms with Crippen molar-refractivity contribution in [2.24, 2.45) is 5.73 Å². The molecule has 0 saturated carbocycles. The third-order valence-electron chi connectivity index (χ3n) is 3.60. The highest BCUT2D eigenvalue weighted by atomic mass is 16.4. The van der Waals surface area contributed by atoms with Gasteiger partial charge in [0.2, 0.25) is 0 Å². The number of carbonyl (C=O) groups is 2. The minimum atomic E-state index is -1.06. The van der Waals surface area contributed by atoms with E-state index in [9.17, 15) is 9.59 Å². The van der Waals surface area contributed by atoms with E-state index >= 15 is 0 Å². The molecule has 0 spiro atoms. The molecule has 0 fully saturated rings. The van der Waals surface area contributed by atoms with E-state index in [4.69, 9.17) is 10.8 Å². The van der Waals surface area contributed by atoms with Crippen LogP contribution in [0.3, 0.4) is 0 Å². The molecule has 0 radical (unpaired) electrons. The van der Waals surface area contributed by atoms with Crippen LogP contribution in [0.4, 0.5) is 5.69 Å². The topological polar surface area (TPSA) is 83.6 Å². The lowest BCUT2D eigenvalue weighted by molar-refractivity contribution is -0.135. The highest BCUT2D eigenvalue weighted by molar-refractivity contribution is 6.08. The molecule has 0 heterocycles. The van der Waals surface area contributed by atoms with Gasteiger partial charge in [-0.15, -0.1) is 0 Å². The van der Waals surface area contributed by atoms with Crippen LogP contribution in [-0.2, 0) is 17.8 Å². The minimum absolute atomic E-state index is 0.325. The van der Waals surface area contributed by atoms with Crippen LogP contribution in [0.25, 0.3) is 0 Å². The maximum absolute atomic E-state index is 12.7. The van der Waals surface area contributed by atoms with Crippen LogP contribution in [0.1, 0.15) is 28.4 Å². The normalized spacial score (nSPS) is 10.3. The molecule has 1 amide bonds. The third kappa shape index (κ3) is 4.17. The number of aliphatic carboxylic acids is 1. The van der Waals surface area contributed by atoms with Crippen molar-refractivity contribution >= 4 is 17.6 Å². The van der Waals surface area contributed by atoms with Crippen LogP contribution in [0, 0.1) is 0 Å². The van der Waals surface area contributed by atoms with Crippen LogP contribution < -0.4 is 10.6 Å². The molecule has 0 saturated heterocycles. The van der Waals surface area contributed by atoms with E-state index in [2.05, 4.69) is 0 Å². The van der Waals surface area contributed by atoms with Crippen molar-refractivity contribution in [3.05, 3.63) is 65.2 Å². The summed E-state index contributed by atoms with van der Waals surface area (Å²) < 4.78 is 0. The quantitative estimate of drug-likeness (QED) is 0.858. The molecule has 120 valence electrons. The summed E-state index contributed by atoms with van der Waals surface area (Å²) in [6.07, 6.45) is 0.881. The molecule has 0 aromatic heterocycles. The molecular formula is C18H20N2O3. The second-order valence-electron chi connectivity index (χ2n) is 5.21. The Morgan fingerprint density at radius 1 is 1.09 bits per heavy atom. The van der Waals surface area contributed by atoms with Gasteiger partial charge in [-0.2, -0.15) is 0 Å². The Morgan fingerprint density at radius 3 is 2.35 bits per heavy atom. The summed E-state index contributed by atoms with van der Waals surface area (Å²) in [5.41, 5.74) is 8.54. The summed E-state index contributed by atoms with van der Waals surface area (Å²) >= 11 is 0. The number of hydrogen-bond donors (Lipinski definition) is 2. The van der Waals surface area contributed by atoms with Gasteiger partial charge in [0, 0.05) is 17.8 Å². The number of amides is 1. The second kappa shape index (κ2) is 7.56. The van der Waals surface area contributed by atoms with Gasteiger partial charge in [-0.25, -0.2) is 0 Å². The van der Waals surface area contributed by atoms with Crippen LogP contribution in [0.2, 0.25) is 0 Å². The fourth-order valence-electron chi connectivity index (χ4n) is 2.31. The number of benzene rings is 2. The van der Waals surface area contributed by atoms with Crippen LogP contribution >= 0.6 is 0 Å². The van der Waals surface area contributed by atoms with E-state index in [-0.39, 0.29) is 5.91 Å². The van der Waals surface area contributed by atoms with Gasteiger partial charge in [0.05, 0.1) is 0 Å². The fraction of sp³-hybridized carbons (Fsp3) is 0.222. The Labute approximate surface area is 135 Å². The molecule has 0 unspecified atom stereocenters. The largest absolute Gasteiger partial charge is 0.480 e. The summed E-state index contributed by atoms with van der Waals surface area (Å²) in [6, 6.07) is 14.3. The standard InChI is InChI=1S/C18H20N2O3/c1-2-13-6-8-16(9-7-13)20(12-17(21)22)18(23)15-5-3-4-14(10-15)11-19/h3-10H,2,11-12,19H2,1H3,(H,21,22). The van der Waals surface area contributed by atoms with Crippen molar-refractivity contribution in [1.82, 2.24) is 0 Å². The van der Waals surface area contributed by atoms with Crippen molar-refractivity contribution in [3.63, 3.8) is 0 Å². The first-order chi connectivity index (χ1) is 11.0. The maximum atomic E-state index is 12.7. The van der Waals surface area contributed by atoms with Gasteiger partial charge in [-0.3, -0.25) is 14.5 Å². The molecule has 3 N–H and O–H groups in total. The van der Waals surface area contributed by atoms with E-state index in [0.29, 0.717) is 17.8 Å². The summed E-state index contributed by atoms with van der Waals surface area (Å²) in [5, 5.41) is 9.13. The highest BCUT2D eigenvalue weighted by Crippen LogP contribution is 2.19. The predicted octanol–water partition coefficient (Wildman–Crippen LogP) is 2.44. The van der Waals surface area contributed by atoms with Gasteiger partial charge in [-0.1, -0.05) is 31.2 Å². The van der Waals surface area contributed by atoms with E-state index < -0.39 is 12.5 Å². The Bertz CT molecular complexity index is 696. The Morgan fingerprint density at radius 2 is 1.78 bits per heavy atom. The zero-order valence-electron chi connectivity index (χ0n) is 13.0. The number of anilines is 1. The van der Waals surface area contributed by atoms with Crippen molar-refractivity contribution in [2.75, 3.05) is 11.4 Å². The molecule has 5 heteroatoms. The molecule has 2 rings (SSSR count). The van der Waals surface area contributed by atoms with E-state index in [1.165, 1.54) is 4.90 Å². The molecule has 5 nitrogen and oxygen atoms in total. The first-order valence-electron chi connectivity index (χ1n) is 7.46. The predicted molar refractivity (Wildman–Crippen MR) is 89.5 cm³/mol. The number of carboxylic acid groups (broad SMARTS) is 1. The van der Waals surface area contributed by atoms with Crippen LogP contribution in [0.15, 0.2) is 48.5 Å². The van der Waals surface area contributed by atoms with E-state index in [1.54, 1.807) is 30.3 Å². The zero-order valence-corrected chi connectivity index (χ0v) is 13.0. The lowest BCUT2D eigenvalue weighted by atomic mass is 10.1. The number of carbonyl (C=O) groups excluding carboxylic acids is 1. The van der Waals surface area contributed by atoms with Crippen LogP contribution in [0.5, 0.6) is 0 Å². The van der Waals surface area contributed by atoms with E-state index in [0.717, 1.165) is 17.5 Å². The molecule has 0 aliphatic heterocycles. The van der Waals surface area contributed by atoms with Crippen molar-refractivity contribution in [2.45, 2.75) is 19.9 Å². The molecule has 2 aromatic rings. The smallest absolute Gasteiger partial charge is 0.323 e. The SMILES string of the molecule is CCc1ccc(N(CC(=O)O)C(=O)c2cccc(CN)c2)cc1. The van der Waals surface area contributed by atoms with Crippen LogP contribution in [-0.4, -0.2) is 23.5 Å². The third-order valence-corrected chi connectivity index (χ3v) is 3.60. The summed E-state index contributed by atoms with van der Waals surface area (Å²) in [6.45, 7) is 1.97. The molecular weight excluding hydrogens is 292 g/mol. The van der Waals surface area contributed by atoms with Gasteiger partial charge in [0.25, 0.3) is 5.91 Å². The van der Waals surface area contributed by atoms with Gasteiger partial charge in [0.15, 0.2) is 0 Å². The first-order valence-corrected chi connectivity index (χ1v) is 7.46. The average molecular weight is 312 g/mol. The van der Waals surface area contributed by atoms with Gasteiger partial charge in [-0.05, 0) is 41.8 Å². The number of hydrogen-bond acceptors (Lipinski definition) is 3. The van der Waals surface area contributed by atoms with Gasteiger partial charge < -0.3 is 10.8 Å². The van der Waals surface area contributed by atoms with Crippen molar-refractivity contribution < 1.29 is 14.7 Å². The van der Waals surface area contributed by atoms with Crippen molar-refractivity contribution in [3.8, 4) is 0 Å². The number of aryl methyl sites for hydroxylation is 1. The second-order valence-corrected chi connectivity index (χ2v) is 5.21. The number of nitrogens with two attached hydrogens (primary N) is 1. The molecule has 2 aromatic carbocycles. The summed E-state index contributed by atoms with van der Waals surface area (Å²) in [4.78, 5) is 25.1. The molecule has 0 aliphatic carbocycles. The monoisotopic (exact) mass is 312 g/mol. The van der Waals surface area contributed by atoms with Crippen molar-refractivity contribution in [1.29, 1.82) is 0 Å². The zero-order chi connectivity index (χ0) is 16.8. The van der Waals surface area contributed by atoms with Gasteiger partial charge >= 0.3 is 5.97 Å². The lowest BCUT2D eigenvalue weighted by Crippen LogP contribution is -2.35. The number of rotatable bonds is 6. The number of nitrogens with zero attached hydrogens (tertiary/aromatic N) is 1. The van der Waals surface area contributed by atoms with Gasteiger partial charge in [0.1, 0.15) is 6.54 Å². The van der Waals surface area contributed by atoms with E-state index in [1.807, 2.05) is 25.1 Å². The molecule has 0 aliphatic rings. The maximum Gasteiger partial charge on any atom is 0.323 e. The Kier molecular flexibility index (Phi) is 5.49. The molecule has 0 bridgehead atoms. The Hall–Kier alpha value is -2.66.